The zero-order valence-corrected chi connectivity index (χ0v) is 13.1. The third-order valence-corrected chi connectivity index (χ3v) is 5.26. The molecule has 1 aromatic rings. The zero-order valence-electron chi connectivity index (χ0n) is 10.7. The lowest BCUT2D eigenvalue weighted by atomic mass is 9.91. The number of likely N-dealkylation sites (tertiary alicyclic amines) is 1. The molecule has 1 aromatic carbocycles. The lowest BCUT2D eigenvalue weighted by Gasteiger charge is -2.36. The van der Waals surface area contributed by atoms with E-state index >= 15 is 0 Å². The maximum atomic E-state index is 12.6. The van der Waals surface area contributed by atoms with E-state index in [0.29, 0.717) is 23.7 Å². The Morgan fingerprint density at radius 2 is 2.25 bits per heavy atom. The highest BCUT2D eigenvalue weighted by Crippen LogP contribution is 2.30. The summed E-state index contributed by atoms with van der Waals surface area (Å²) in [5.41, 5.74) is 0.568. The highest BCUT2D eigenvalue weighted by molar-refractivity contribution is 9.10. The van der Waals surface area contributed by atoms with Gasteiger partial charge in [-0.15, -0.1) is 0 Å². The molecular formula is C14H14BrClN2O2. The molecule has 2 amide bonds. The fourth-order valence-corrected chi connectivity index (χ4v) is 3.43. The van der Waals surface area contributed by atoms with Gasteiger partial charge in [0.05, 0.1) is 17.0 Å². The van der Waals surface area contributed by atoms with Crippen molar-refractivity contribution in [2.45, 2.75) is 18.9 Å². The molecule has 0 saturated carbocycles. The fraction of sp³-hybridized carbons (Fsp3) is 0.429. The van der Waals surface area contributed by atoms with Crippen LogP contribution in [0.4, 0.5) is 0 Å². The molecule has 2 aliphatic heterocycles. The van der Waals surface area contributed by atoms with Crippen molar-refractivity contribution in [1.29, 1.82) is 0 Å². The molecule has 4 nitrogen and oxygen atoms in total. The van der Waals surface area contributed by atoms with E-state index in [0.717, 1.165) is 17.3 Å². The van der Waals surface area contributed by atoms with Crippen LogP contribution in [0, 0.1) is 5.92 Å². The van der Waals surface area contributed by atoms with Crippen molar-refractivity contribution in [2.24, 2.45) is 5.92 Å². The minimum Gasteiger partial charge on any atom is -0.354 e. The lowest BCUT2D eigenvalue weighted by molar-refractivity contribution is -0.123. The molecule has 1 N–H and O–H groups in total. The average molecular weight is 358 g/mol. The summed E-state index contributed by atoms with van der Waals surface area (Å²) < 4.78 is 0.768. The summed E-state index contributed by atoms with van der Waals surface area (Å²) in [4.78, 5) is 26.2. The van der Waals surface area contributed by atoms with E-state index in [1.807, 2.05) is 4.90 Å². The summed E-state index contributed by atoms with van der Waals surface area (Å²) in [5.74, 6) is -0.0365. The largest absolute Gasteiger partial charge is 0.354 e. The Bertz CT molecular complexity index is 578. The van der Waals surface area contributed by atoms with E-state index in [2.05, 4.69) is 21.2 Å². The molecule has 2 saturated heterocycles. The fourth-order valence-electron chi connectivity index (χ4n) is 3.00. The van der Waals surface area contributed by atoms with Gasteiger partial charge in [-0.3, -0.25) is 9.59 Å². The Kier molecular flexibility index (Phi) is 3.73. The monoisotopic (exact) mass is 356 g/mol. The number of fused-ring (bicyclic) bond motifs is 1. The summed E-state index contributed by atoms with van der Waals surface area (Å²) in [6.45, 7) is 1.25. The lowest BCUT2D eigenvalue weighted by Crippen LogP contribution is -2.48. The van der Waals surface area contributed by atoms with Gasteiger partial charge in [-0.1, -0.05) is 11.6 Å². The smallest absolute Gasteiger partial charge is 0.254 e. The summed E-state index contributed by atoms with van der Waals surface area (Å²) >= 11 is 9.36. The van der Waals surface area contributed by atoms with E-state index < -0.39 is 0 Å². The van der Waals surface area contributed by atoms with Crippen LogP contribution in [0.15, 0.2) is 22.7 Å². The van der Waals surface area contributed by atoms with E-state index in [-0.39, 0.29) is 23.8 Å². The van der Waals surface area contributed by atoms with Crippen molar-refractivity contribution < 1.29 is 9.59 Å². The van der Waals surface area contributed by atoms with Crippen LogP contribution in [0.3, 0.4) is 0 Å². The van der Waals surface area contributed by atoms with Crippen LogP contribution in [0.25, 0.3) is 0 Å². The molecule has 3 rings (SSSR count). The number of halogens is 2. The Balaban J connectivity index is 1.86. The molecule has 2 atom stereocenters. The van der Waals surface area contributed by atoms with Gasteiger partial charge in [0.2, 0.25) is 5.91 Å². The number of hydrogen-bond acceptors (Lipinski definition) is 2. The highest BCUT2D eigenvalue weighted by atomic mass is 79.9. The van der Waals surface area contributed by atoms with E-state index in [4.69, 9.17) is 11.6 Å². The maximum Gasteiger partial charge on any atom is 0.254 e. The zero-order chi connectivity index (χ0) is 14.3. The highest BCUT2D eigenvalue weighted by Gasteiger charge is 2.42. The first-order chi connectivity index (χ1) is 9.58. The quantitative estimate of drug-likeness (QED) is 0.839. The number of benzene rings is 1. The second kappa shape index (κ2) is 5.37. The predicted octanol–water partition coefficient (Wildman–Crippen LogP) is 2.45. The van der Waals surface area contributed by atoms with Crippen LogP contribution in [-0.4, -0.2) is 35.8 Å². The third kappa shape index (κ3) is 2.33. The summed E-state index contributed by atoms with van der Waals surface area (Å²) in [7, 11) is 0. The van der Waals surface area contributed by atoms with E-state index in [1.54, 1.807) is 18.2 Å². The second-order valence-electron chi connectivity index (χ2n) is 5.19. The Morgan fingerprint density at radius 1 is 1.45 bits per heavy atom. The molecule has 0 aromatic heterocycles. The number of amides is 2. The van der Waals surface area contributed by atoms with Crippen LogP contribution < -0.4 is 5.32 Å². The van der Waals surface area contributed by atoms with Crippen molar-refractivity contribution in [3.8, 4) is 0 Å². The first-order valence-corrected chi connectivity index (χ1v) is 7.79. The van der Waals surface area contributed by atoms with Gasteiger partial charge >= 0.3 is 0 Å². The van der Waals surface area contributed by atoms with Crippen LogP contribution in [-0.2, 0) is 4.79 Å². The standard InChI is InChI=1S/C14H14BrClN2O2/c15-10-4-3-8(6-11(10)16)14(20)18-5-1-2-9-12(18)7-17-13(9)19/h3-4,6,9,12H,1-2,5,7H2,(H,17,19). The van der Waals surface area contributed by atoms with Gasteiger partial charge in [0.25, 0.3) is 5.91 Å². The van der Waals surface area contributed by atoms with Crippen molar-refractivity contribution in [3.63, 3.8) is 0 Å². The minimum atomic E-state index is -0.0568. The Labute approximate surface area is 130 Å². The average Bonchev–Trinajstić information content (AvgIpc) is 2.83. The SMILES string of the molecule is O=C1NCC2C1CCCN2C(=O)c1ccc(Br)c(Cl)c1. The number of nitrogens with zero attached hydrogens (tertiary/aromatic N) is 1. The molecule has 6 heteroatoms. The summed E-state index contributed by atoms with van der Waals surface area (Å²) in [6, 6.07) is 5.18. The van der Waals surface area contributed by atoms with Crippen LogP contribution in [0.2, 0.25) is 5.02 Å². The molecule has 106 valence electrons. The van der Waals surface area contributed by atoms with Gasteiger partial charge in [-0.2, -0.15) is 0 Å². The molecule has 0 bridgehead atoms. The first-order valence-electron chi connectivity index (χ1n) is 6.61. The molecule has 2 aliphatic rings. The first kappa shape index (κ1) is 13.9. The Morgan fingerprint density at radius 3 is 3.00 bits per heavy atom. The third-order valence-electron chi connectivity index (χ3n) is 4.03. The number of piperidine rings is 1. The number of rotatable bonds is 1. The molecule has 2 heterocycles. The van der Waals surface area contributed by atoms with Crippen molar-refractivity contribution in [1.82, 2.24) is 10.2 Å². The number of nitrogens with one attached hydrogen (secondary N) is 1. The number of carbonyl (C=O) groups excluding carboxylic acids is 2. The number of hydrogen-bond donors (Lipinski definition) is 1. The molecule has 0 spiro atoms. The predicted molar refractivity (Wildman–Crippen MR) is 79.7 cm³/mol. The topological polar surface area (TPSA) is 49.4 Å². The van der Waals surface area contributed by atoms with Gasteiger partial charge in [0.1, 0.15) is 0 Å². The van der Waals surface area contributed by atoms with Crippen LogP contribution in [0.1, 0.15) is 23.2 Å². The summed E-state index contributed by atoms with van der Waals surface area (Å²) in [5, 5.41) is 3.37. The normalized spacial score (nSPS) is 25.3. The number of carbonyl (C=O) groups is 2. The van der Waals surface area contributed by atoms with Crippen molar-refractivity contribution in [2.75, 3.05) is 13.1 Å². The van der Waals surface area contributed by atoms with Crippen molar-refractivity contribution >= 4 is 39.3 Å². The molecule has 2 fully saturated rings. The van der Waals surface area contributed by atoms with Crippen LogP contribution >= 0.6 is 27.5 Å². The van der Waals surface area contributed by atoms with Gasteiger partial charge in [0, 0.05) is 23.1 Å². The molecule has 0 aliphatic carbocycles. The van der Waals surface area contributed by atoms with Crippen LogP contribution in [0.5, 0.6) is 0 Å². The van der Waals surface area contributed by atoms with Gasteiger partial charge in [0.15, 0.2) is 0 Å². The van der Waals surface area contributed by atoms with E-state index in [1.165, 1.54) is 0 Å². The van der Waals surface area contributed by atoms with E-state index in [9.17, 15) is 9.59 Å². The molecule has 20 heavy (non-hydrogen) atoms. The van der Waals surface area contributed by atoms with Crippen molar-refractivity contribution in [3.05, 3.63) is 33.3 Å². The Hall–Kier alpha value is -1.07. The minimum absolute atomic E-state index is 0.0221. The second-order valence-corrected chi connectivity index (χ2v) is 6.45. The molecule has 2 unspecified atom stereocenters. The summed E-state index contributed by atoms with van der Waals surface area (Å²) in [6.07, 6.45) is 1.73. The molecular weight excluding hydrogens is 344 g/mol. The van der Waals surface area contributed by atoms with Gasteiger partial charge in [-0.25, -0.2) is 0 Å². The van der Waals surface area contributed by atoms with Gasteiger partial charge in [-0.05, 0) is 47.0 Å². The van der Waals surface area contributed by atoms with Gasteiger partial charge < -0.3 is 10.2 Å². The maximum absolute atomic E-state index is 12.6. The molecule has 0 radical (unpaired) electrons.